The number of fused-ring (bicyclic) bond motifs is 1. The molecule has 0 saturated carbocycles. The standard InChI is InChI=1S/C18H27N3O2S/c1-19-5-7-20(8-6-19)16-12-21(15-3-2-9-23-18(15)16)17(22)11-14-4-10-24-13-14/h4,10,13,15-16,18H,2-3,5-9,11-12H2,1H3/t15-,16-,18+/m1/s1. The molecule has 0 N–H and O–H groups in total. The Bertz CT molecular complexity index is 557. The summed E-state index contributed by atoms with van der Waals surface area (Å²) in [7, 11) is 2.18. The summed E-state index contributed by atoms with van der Waals surface area (Å²) in [6.07, 6.45) is 2.89. The highest BCUT2D eigenvalue weighted by molar-refractivity contribution is 7.08. The topological polar surface area (TPSA) is 36.0 Å². The van der Waals surface area contributed by atoms with Crippen LogP contribution < -0.4 is 0 Å². The summed E-state index contributed by atoms with van der Waals surface area (Å²) in [5.74, 6) is 0.269. The fraction of sp³-hybridized carbons (Fsp3) is 0.722. The Kier molecular flexibility index (Phi) is 4.90. The summed E-state index contributed by atoms with van der Waals surface area (Å²) >= 11 is 1.66. The van der Waals surface area contributed by atoms with Gasteiger partial charge in [0.15, 0.2) is 0 Å². The first kappa shape index (κ1) is 16.5. The normalized spacial score (nSPS) is 32.0. The predicted octanol–water partition coefficient (Wildman–Crippen LogP) is 1.30. The van der Waals surface area contributed by atoms with Crippen molar-refractivity contribution in [2.45, 2.75) is 37.5 Å². The van der Waals surface area contributed by atoms with Crippen LogP contribution in [0.3, 0.4) is 0 Å². The van der Waals surface area contributed by atoms with E-state index in [-0.39, 0.29) is 18.1 Å². The number of amides is 1. The van der Waals surface area contributed by atoms with Crippen molar-refractivity contribution in [3.63, 3.8) is 0 Å². The number of carbonyl (C=O) groups excluding carboxylic acids is 1. The van der Waals surface area contributed by atoms with Crippen molar-refractivity contribution in [2.75, 3.05) is 46.4 Å². The van der Waals surface area contributed by atoms with Gasteiger partial charge in [-0.25, -0.2) is 0 Å². The van der Waals surface area contributed by atoms with Crippen molar-refractivity contribution >= 4 is 17.2 Å². The maximum absolute atomic E-state index is 12.9. The molecule has 3 fully saturated rings. The second-order valence-corrected chi connectivity index (χ2v) is 8.09. The van der Waals surface area contributed by atoms with Crippen LogP contribution in [0.2, 0.25) is 0 Å². The fourth-order valence-corrected chi connectivity index (χ4v) is 5.03. The Morgan fingerprint density at radius 3 is 2.88 bits per heavy atom. The van der Waals surface area contributed by atoms with Gasteiger partial charge >= 0.3 is 0 Å². The Labute approximate surface area is 148 Å². The van der Waals surface area contributed by atoms with Crippen LogP contribution in [0.5, 0.6) is 0 Å². The number of thiophene rings is 1. The van der Waals surface area contributed by atoms with E-state index in [4.69, 9.17) is 4.74 Å². The second kappa shape index (κ2) is 7.12. The van der Waals surface area contributed by atoms with E-state index in [1.165, 1.54) is 0 Å². The zero-order valence-electron chi connectivity index (χ0n) is 14.4. The third kappa shape index (κ3) is 3.25. The Balaban J connectivity index is 1.47. The molecule has 1 aromatic rings. The van der Waals surface area contributed by atoms with Gasteiger partial charge in [0.2, 0.25) is 5.91 Å². The maximum atomic E-state index is 12.9. The van der Waals surface area contributed by atoms with Crippen molar-refractivity contribution in [1.29, 1.82) is 0 Å². The lowest BCUT2D eigenvalue weighted by atomic mass is 9.99. The molecule has 4 rings (SSSR count). The van der Waals surface area contributed by atoms with Crippen LogP contribution in [0.1, 0.15) is 18.4 Å². The number of hydrogen-bond acceptors (Lipinski definition) is 5. The lowest BCUT2D eigenvalue weighted by Crippen LogP contribution is -2.54. The average Bonchev–Trinajstić information content (AvgIpc) is 3.23. The largest absolute Gasteiger partial charge is 0.374 e. The lowest BCUT2D eigenvalue weighted by molar-refractivity contribution is -0.134. The van der Waals surface area contributed by atoms with E-state index in [0.717, 1.165) is 57.7 Å². The Morgan fingerprint density at radius 2 is 2.12 bits per heavy atom. The van der Waals surface area contributed by atoms with Crippen molar-refractivity contribution in [3.05, 3.63) is 22.4 Å². The van der Waals surface area contributed by atoms with Crippen LogP contribution >= 0.6 is 11.3 Å². The van der Waals surface area contributed by atoms with Gasteiger partial charge in [0.1, 0.15) is 0 Å². The molecule has 6 heteroatoms. The van der Waals surface area contributed by atoms with Crippen LogP contribution in [0.25, 0.3) is 0 Å². The monoisotopic (exact) mass is 349 g/mol. The first-order chi connectivity index (χ1) is 11.7. The number of hydrogen-bond donors (Lipinski definition) is 0. The van der Waals surface area contributed by atoms with Gasteiger partial charge in [0.25, 0.3) is 0 Å². The summed E-state index contributed by atoms with van der Waals surface area (Å²) in [6, 6.07) is 2.70. The molecular weight excluding hydrogens is 322 g/mol. The maximum Gasteiger partial charge on any atom is 0.227 e. The van der Waals surface area contributed by atoms with Gasteiger partial charge in [-0.15, -0.1) is 0 Å². The van der Waals surface area contributed by atoms with Gasteiger partial charge in [-0.2, -0.15) is 11.3 Å². The van der Waals surface area contributed by atoms with E-state index < -0.39 is 0 Å². The van der Waals surface area contributed by atoms with E-state index in [1.54, 1.807) is 11.3 Å². The third-order valence-electron chi connectivity index (χ3n) is 5.76. The fourth-order valence-electron chi connectivity index (χ4n) is 4.36. The van der Waals surface area contributed by atoms with Gasteiger partial charge in [-0.3, -0.25) is 9.69 Å². The summed E-state index contributed by atoms with van der Waals surface area (Å²) in [5.41, 5.74) is 1.14. The van der Waals surface area contributed by atoms with Gasteiger partial charge in [0.05, 0.1) is 24.6 Å². The first-order valence-electron chi connectivity index (χ1n) is 9.07. The van der Waals surface area contributed by atoms with Crippen LogP contribution in [-0.4, -0.2) is 85.2 Å². The quantitative estimate of drug-likeness (QED) is 0.824. The number of likely N-dealkylation sites (N-methyl/N-ethyl adjacent to an activating group) is 1. The summed E-state index contributed by atoms with van der Waals surface area (Å²) in [4.78, 5) is 20.0. The lowest BCUT2D eigenvalue weighted by Gasteiger charge is -2.39. The third-order valence-corrected chi connectivity index (χ3v) is 6.49. The smallest absolute Gasteiger partial charge is 0.227 e. The van der Waals surface area contributed by atoms with Crippen molar-refractivity contribution in [3.8, 4) is 0 Å². The second-order valence-electron chi connectivity index (χ2n) is 7.31. The van der Waals surface area contributed by atoms with E-state index >= 15 is 0 Å². The molecule has 4 heterocycles. The highest BCUT2D eigenvalue weighted by atomic mass is 32.1. The number of likely N-dealkylation sites (tertiary alicyclic amines) is 1. The van der Waals surface area contributed by atoms with Gasteiger partial charge in [-0.1, -0.05) is 0 Å². The van der Waals surface area contributed by atoms with E-state index in [9.17, 15) is 4.79 Å². The molecule has 0 aromatic carbocycles. The summed E-state index contributed by atoms with van der Waals surface area (Å²) < 4.78 is 6.16. The van der Waals surface area contributed by atoms with Crippen molar-refractivity contribution in [1.82, 2.24) is 14.7 Å². The van der Waals surface area contributed by atoms with Crippen LogP contribution in [-0.2, 0) is 16.0 Å². The molecule has 0 bridgehead atoms. The predicted molar refractivity (Wildman–Crippen MR) is 95.4 cm³/mol. The molecule has 132 valence electrons. The zero-order chi connectivity index (χ0) is 16.5. The minimum Gasteiger partial charge on any atom is -0.374 e. The van der Waals surface area contributed by atoms with Gasteiger partial charge in [0, 0.05) is 39.3 Å². The molecule has 3 aliphatic heterocycles. The highest BCUT2D eigenvalue weighted by Crippen LogP contribution is 2.32. The minimum absolute atomic E-state index is 0.202. The minimum atomic E-state index is 0.202. The molecular formula is C18H27N3O2S. The highest BCUT2D eigenvalue weighted by Gasteiger charge is 2.48. The number of piperazine rings is 1. The van der Waals surface area contributed by atoms with Crippen LogP contribution in [0.4, 0.5) is 0 Å². The Hall–Kier alpha value is -0.950. The molecule has 3 saturated heterocycles. The molecule has 1 aromatic heterocycles. The molecule has 3 aliphatic rings. The molecule has 0 aliphatic carbocycles. The SMILES string of the molecule is CN1CCN([C@@H]2CN(C(=O)Cc3ccsc3)[C@@H]3CCCO[C@H]23)CC1. The summed E-state index contributed by atoms with van der Waals surface area (Å²) in [6.45, 7) is 6.06. The van der Waals surface area contributed by atoms with Crippen molar-refractivity contribution in [2.24, 2.45) is 0 Å². The van der Waals surface area contributed by atoms with E-state index in [0.29, 0.717) is 12.5 Å². The van der Waals surface area contributed by atoms with Gasteiger partial charge in [-0.05, 0) is 42.3 Å². The van der Waals surface area contributed by atoms with Crippen LogP contribution in [0.15, 0.2) is 16.8 Å². The number of rotatable bonds is 3. The average molecular weight is 350 g/mol. The molecule has 3 atom stereocenters. The Morgan fingerprint density at radius 1 is 1.29 bits per heavy atom. The molecule has 0 spiro atoms. The molecule has 1 amide bonds. The summed E-state index contributed by atoms with van der Waals surface area (Å²) in [5, 5.41) is 4.13. The van der Waals surface area contributed by atoms with E-state index in [2.05, 4.69) is 33.2 Å². The van der Waals surface area contributed by atoms with Crippen LogP contribution in [0, 0.1) is 0 Å². The molecule has 5 nitrogen and oxygen atoms in total. The van der Waals surface area contributed by atoms with E-state index in [1.807, 2.05) is 5.38 Å². The number of nitrogens with zero attached hydrogens (tertiary/aromatic N) is 3. The first-order valence-corrected chi connectivity index (χ1v) is 10.0. The number of ether oxygens (including phenoxy) is 1. The van der Waals surface area contributed by atoms with Crippen molar-refractivity contribution < 1.29 is 9.53 Å². The van der Waals surface area contributed by atoms with Gasteiger partial charge < -0.3 is 14.5 Å². The zero-order valence-corrected chi connectivity index (χ0v) is 15.2. The molecule has 0 unspecified atom stereocenters. The molecule has 24 heavy (non-hydrogen) atoms. The molecule has 0 radical (unpaired) electrons. The number of carbonyl (C=O) groups is 1.